The van der Waals surface area contributed by atoms with Crippen molar-refractivity contribution < 1.29 is 32.4 Å². The van der Waals surface area contributed by atoms with Crippen LogP contribution in [-0.2, 0) is 20.5 Å². The van der Waals surface area contributed by atoms with E-state index in [0.29, 0.717) is 17.3 Å². The second kappa shape index (κ2) is 11.1. The van der Waals surface area contributed by atoms with Crippen molar-refractivity contribution in [2.75, 3.05) is 11.9 Å². The smallest absolute Gasteiger partial charge is 0.418 e. The number of nitrogens with one attached hydrogen (secondary N) is 1. The molecule has 0 radical (unpaired) electrons. The first kappa shape index (κ1) is 26.3. The molecule has 0 aliphatic rings. The summed E-state index contributed by atoms with van der Waals surface area (Å²) in [6, 6.07) is 14.9. The van der Waals surface area contributed by atoms with E-state index in [4.69, 9.17) is 4.74 Å². The molecule has 1 amide bonds. The van der Waals surface area contributed by atoms with Crippen molar-refractivity contribution in [3.63, 3.8) is 0 Å². The largest absolute Gasteiger partial charge is 0.452 e. The van der Waals surface area contributed by atoms with Crippen LogP contribution in [0.5, 0.6) is 0 Å². The molecule has 0 fully saturated rings. The van der Waals surface area contributed by atoms with E-state index in [1.807, 2.05) is 53.2 Å². The minimum absolute atomic E-state index is 0.311. The van der Waals surface area contributed by atoms with E-state index >= 15 is 0 Å². The number of amides is 1. The Morgan fingerprint density at radius 1 is 1.13 bits per heavy atom. The van der Waals surface area contributed by atoms with E-state index in [-0.39, 0.29) is 0 Å². The van der Waals surface area contributed by atoms with Crippen LogP contribution in [0.2, 0.25) is 0 Å². The number of hydrogen-bond donors (Lipinski definition) is 1. The number of ether oxygens (including phenoxy) is 1. The Bertz CT molecular complexity index is 1500. The van der Waals surface area contributed by atoms with Crippen molar-refractivity contribution >= 4 is 40.7 Å². The molecule has 0 spiro atoms. The van der Waals surface area contributed by atoms with Gasteiger partial charge in [-0.1, -0.05) is 24.3 Å². The lowest BCUT2D eigenvalue weighted by atomic mass is 10.1. The number of esters is 1. The monoisotopic (exact) mass is 542 g/mol. The highest BCUT2D eigenvalue weighted by atomic mass is 32.1. The van der Waals surface area contributed by atoms with E-state index in [0.717, 1.165) is 28.8 Å². The van der Waals surface area contributed by atoms with Crippen LogP contribution in [0.1, 0.15) is 11.1 Å². The van der Waals surface area contributed by atoms with Crippen LogP contribution >= 0.6 is 11.3 Å². The Morgan fingerprint density at radius 3 is 2.55 bits per heavy atom. The van der Waals surface area contributed by atoms with E-state index in [9.17, 15) is 32.9 Å². The average molecular weight is 542 g/mol. The SMILES string of the molecule is O=C(COC(=O)/C=C/c1cn(-c2ccccc2)nc1-c1cccs1)Nc1ccc([N+](=O)[O-])cc1C(F)(F)F. The fraction of sp³-hybridized carbons (Fsp3) is 0.0800. The lowest BCUT2D eigenvalue weighted by Crippen LogP contribution is -2.22. The first-order chi connectivity index (χ1) is 18.1. The van der Waals surface area contributed by atoms with Crippen LogP contribution < -0.4 is 5.32 Å². The maximum Gasteiger partial charge on any atom is 0.418 e. The second-order valence-corrected chi connectivity index (χ2v) is 8.61. The van der Waals surface area contributed by atoms with Gasteiger partial charge in [0, 0.05) is 30.0 Å². The minimum Gasteiger partial charge on any atom is -0.452 e. The molecule has 0 saturated carbocycles. The summed E-state index contributed by atoms with van der Waals surface area (Å²) in [4.78, 5) is 35.0. The van der Waals surface area contributed by atoms with Gasteiger partial charge >= 0.3 is 12.1 Å². The van der Waals surface area contributed by atoms with Gasteiger partial charge in [-0.2, -0.15) is 18.3 Å². The Labute approximate surface area is 216 Å². The first-order valence-electron chi connectivity index (χ1n) is 10.8. The fourth-order valence-electron chi connectivity index (χ4n) is 3.35. The highest BCUT2D eigenvalue weighted by Gasteiger charge is 2.35. The average Bonchev–Trinajstić information content (AvgIpc) is 3.56. The molecule has 38 heavy (non-hydrogen) atoms. The molecule has 194 valence electrons. The molecule has 2 aromatic carbocycles. The normalized spacial score (nSPS) is 11.4. The molecule has 2 aromatic heterocycles. The molecule has 13 heteroatoms. The van der Waals surface area contributed by atoms with Gasteiger partial charge in [0.1, 0.15) is 5.69 Å². The van der Waals surface area contributed by atoms with Crippen LogP contribution in [-0.4, -0.2) is 33.2 Å². The number of thiophene rings is 1. The van der Waals surface area contributed by atoms with Gasteiger partial charge in [0.15, 0.2) is 6.61 Å². The van der Waals surface area contributed by atoms with Crippen LogP contribution in [0.4, 0.5) is 24.5 Å². The number of anilines is 1. The summed E-state index contributed by atoms with van der Waals surface area (Å²) in [5.41, 5.74) is -0.878. The van der Waals surface area contributed by atoms with Crippen molar-refractivity contribution in [3.8, 4) is 16.3 Å². The summed E-state index contributed by atoms with van der Waals surface area (Å²) in [5, 5.41) is 19.2. The molecule has 4 aromatic rings. The predicted molar refractivity (Wildman–Crippen MR) is 134 cm³/mol. The highest BCUT2D eigenvalue weighted by Crippen LogP contribution is 2.37. The van der Waals surface area contributed by atoms with Crippen LogP contribution in [0, 0.1) is 10.1 Å². The van der Waals surface area contributed by atoms with Crippen LogP contribution in [0.25, 0.3) is 22.3 Å². The van der Waals surface area contributed by atoms with E-state index < -0.39 is 46.5 Å². The van der Waals surface area contributed by atoms with Crippen LogP contribution in [0.15, 0.2) is 78.3 Å². The number of alkyl halides is 3. The number of non-ortho nitro benzene ring substituents is 1. The number of carbonyl (C=O) groups excluding carboxylic acids is 2. The van der Waals surface area contributed by atoms with E-state index in [1.165, 1.54) is 17.4 Å². The third kappa shape index (κ3) is 6.31. The number of halogens is 3. The maximum atomic E-state index is 13.3. The van der Waals surface area contributed by atoms with Gasteiger partial charge in [0.25, 0.3) is 11.6 Å². The predicted octanol–water partition coefficient (Wildman–Crippen LogP) is 5.72. The number of nitro benzene ring substituents is 1. The summed E-state index contributed by atoms with van der Waals surface area (Å²) in [6.45, 7) is -0.876. The van der Waals surface area contributed by atoms with Crippen molar-refractivity contribution in [1.29, 1.82) is 0 Å². The molecule has 0 bridgehead atoms. The van der Waals surface area contributed by atoms with E-state index in [2.05, 4.69) is 5.10 Å². The third-order valence-corrected chi connectivity index (χ3v) is 5.93. The zero-order chi connectivity index (χ0) is 27.3. The van der Waals surface area contributed by atoms with Gasteiger partial charge < -0.3 is 10.1 Å². The summed E-state index contributed by atoms with van der Waals surface area (Å²) in [6.07, 6.45) is -0.712. The molecule has 0 unspecified atom stereocenters. The lowest BCUT2D eigenvalue weighted by Gasteiger charge is -2.13. The van der Waals surface area contributed by atoms with Gasteiger partial charge in [-0.15, -0.1) is 11.3 Å². The standard InChI is InChI=1S/C25H17F3N4O5S/c26-25(27,28)19-13-18(32(35)36)9-10-20(19)29-22(33)15-37-23(34)11-8-16-14-31(17-5-2-1-3-6-17)30-24(16)21-7-4-12-38-21/h1-14H,15H2,(H,29,33)/b11-8+. The Balaban J connectivity index is 1.44. The number of benzene rings is 2. The first-order valence-corrected chi connectivity index (χ1v) is 11.7. The van der Waals surface area contributed by atoms with Gasteiger partial charge in [-0.05, 0) is 35.7 Å². The Kier molecular flexibility index (Phi) is 7.67. The number of carbonyl (C=O) groups is 2. The number of hydrogen-bond acceptors (Lipinski definition) is 7. The quantitative estimate of drug-likeness (QED) is 0.132. The van der Waals surface area contributed by atoms with Gasteiger partial charge in [-0.3, -0.25) is 14.9 Å². The Hall–Kier alpha value is -4.78. The van der Waals surface area contributed by atoms with Crippen molar-refractivity contribution in [3.05, 3.63) is 99.6 Å². The zero-order valence-electron chi connectivity index (χ0n) is 19.2. The van der Waals surface area contributed by atoms with Crippen LogP contribution in [0.3, 0.4) is 0 Å². The molecule has 0 saturated heterocycles. The summed E-state index contributed by atoms with van der Waals surface area (Å²) in [5.74, 6) is -1.97. The number of nitrogens with zero attached hydrogens (tertiary/aromatic N) is 3. The number of aromatic nitrogens is 2. The molecular formula is C25H17F3N4O5S. The summed E-state index contributed by atoms with van der Waals surface area (Å²) >= 11 is 1.46. The molecule has 4 rings (SSSR count). The summed E-state index contributed by atoms with van der Waals surface area (Å²) in [7, 11) is 0. The molecule has 0 aliphatic heterocycles. The zero-order valence-corrected chi connectivity index (χ0v) is 20.0. The number of para-hydroxylation sites is 1. The molecule has 0 aliphatic carbocycles. The summed E-state index contributed by atoms with van der Waals surface area (Å²) < 4.78 is 46.4. The van der Waals surface area contributed by atoms with Gasteiger partial charge in [0.2, 0.25) is 0 Å². The second-order valence-electron chi connectivity index (χ2n) is 7.66. The minimum atomic E-state index is -4.96. The Morgan fingerprint density at radius 2 is 1.89 bits per heavy atom. The molecule has 9 nitrogen and oxygen atoms in total. The number of rotatable bonds is 8. The molecule has 2 heterocycles. The van der Waals surface area contributed by atoms with E-state index in [1.54, 1.807) is 10.9 Å². The molecule has 0 atom stereocenters. The third-order valence-electron chi connectivity index (χ3n) is 5.06. The van der Waals surface area contributed by atoms with Gasteiger partial charge in [0.05, 0.1) is 26.7 Å². The van der Waals surface area contributed by atoms with Gasteiger partial charge in [-0.25, -0.2) is 9.48 Å². The fourth-order valence-corrected chi connectivity index (χ4v) is 4.08. The lowest BCUT2D eigenvalue weighted by molar-refractivity contribution is -0.385. The van der Waals surface area contributed by atoms with Crippen molar-refractivity contribution in [2.24, 2.45) is 0 Å². The maximum absolute atomic E-state index is 13.3. The van der Waals surface area contributed by atoms with Crippen molar-refractivity contribution in [1.82, 2.24) is 9.78 Å². The topological polar surface area (TPSA) is 116 Å². The molecule has 1 N–H and O–H groups in total. The number of nitro groups is 1. The highest BCUT2D eigenvalue weighted by molar-refractivity contribution is 7.13. The van der Waals surface area contributed by atoms with Crippen molar-refractivity contribution in [2.45, 2.75) is 6.18 Å². The molecular weight excluding hydrogens is 525 g/mol.